The van der Waals surface area contributed by atoms with E-state index in [0.717, 1.165) is 0 Å². The standard InChI is InChI=1S/C18H15Cl2N3O2/c1-2-23(18(25)12-7-5-8-13(19)16(12)20)10-15-21-14-9-4-3-6-11(14)17(24)22-15/h3-9H,2,10H2,1H3,(H,21,22,24). The Morgan fingerprint density at radius 2 is 1.92 bits per heavy atom. The van der Waals surface area contributed by atoms with Crippen LogP contribution in [0, 0.1) is 0 Å². The van der Waals surface area contributed by atoms with Crippen LogP contribution in [0.4, 0.5) is 0 Å². The molecule has 0 saturated carbocycles. The molecule has 0 fully saturated rings. The lowest BCUT2D eigenvalue weighted by molar-refractivity contribution is 0.0748. The van der Waals surface area contributed by atoms with Gasteiger partial charge in [-0.3, -0.25) is 9.59 Å². The van der Waals surface area contributed by atoms with Gasteiger partial charge >= 0.3 is 0 Å². The van der Waals surface area contributed by atoms with E-state index in [1.165, 1.54) is 0 Å². The Hall–Kier alpha value is -2.37. The molecule has 1 aromatic heterocycles. The Balaban J connectivity index is 1.93. The second kappa shape index (κ2) is 7.25. The largest absolute Gasteiger partial charge is 0.331 e. The molecular weight excluding hydrogens is 361 g/mol. The number of hydrogen-bond acceptors (Lipinski definition) is 3. The Kier molecular flexibility index (Phi) is 5.06. The molecule has 0 unspecified atom stereocenters. The number of carbonyl (C=O) groups is 1. The zero-order valence-corrected chi connectivity index (χ0v) is 14.9. The van der Waals surface area contributed by atoms with Gasteiger partial charge in [-0.05, 0) is 31.2 Å². The molecule has 7 heteroatoms. The Labute approximate surface area is 154 Å². The highest BCUT2D eigenvalue weighted by molar-refractivity contribution is 6.43. The summed E-state index contributed by atoms with van der Waals surface area (Å²) >= 11 is 12.1. The van der Waals surface area contributed by atoms with Crippen molar-refractivity contribution in [2.24, 2.45) is 0 Å². The average molecular weight is 376 g/mol. The van der Waals surface area contributed by atoms with Crippen molar-refractivity contribution in [2.45, 2.75) is 13.5 Å². The number of nitrogens with zero attached hydrogens (tertiary/aromatic N) is 2. The lowest BCUT2D eigenvalue weighted by Crippen LogP contribution is -2.32. The minimum Gasteiger partial charge on any atom is -0.331 e. The number of benzene rings is 2. The fraction of sp³-hybridized carbons (Fsp3) is 0.167. The average Bonchev–Trinajstić information content (AvgIpc) is 2.61. The van der Waals surface area contributed by atoms with Crippen LogP contribution in [0.25, 0.3) is 10.9 Å². The molecule has 0 atom stereocenters. The lowest BCUT2D eigenvalue weighted by Gasteiger charge is -2.21. The molecule has 0 aliphatic rings. The fourth-order valence-electron chi connectivity index (χ4n) is 2.56. The second-order valence-electron chi connectivity index (χ2n) is 5.45. The molecule has 0 aliphatic carbocycles. The van der Waals surface area contributed by atoms with E-state index in [0.29, 0.717) is 33.9 Å². The molecule has 3 aromatic rings. The second-order valence-corrected chi connectivity index (χ2v) is 6.24. The number of nitrogens with one attached hydrogen (secondary N) is 1. The normalized spacial score (nSPS) is 10.8. The third-order valence-corrected chi connectivity index (χ3v) is 4.67. The summed E-state index contributed by atoms with van der Waals surface area (Å²) in [6.45, 7) is 2.44. The van der Waals surface area contributed by atoms with Crippen LogP contribution in [0.3, 0.4) is 0 Å². The zero-order valence-electron chi connectivity index (χ0n) is 13.4. The van der Waals surface area contributed by atoms with Gasteiger partial charge < -0.3 is 9.88 Å². The molecule has 25 heavy (non-hydrogen) atoms. The van der Waals surface area contributed by atoms with Crippen LogP contribution in [0.15, 0.2) is 47.3 Å². The summed E-state index contributed by atoms with van der Waals surface area (Å²) in [6, 6.07) is 12.0. The molecule has 0 saturated heterocycles. The van der Waals surface area contributed by atoms with Gasteiger partial charge in [-0.1, -0.05) is 41.4 Å². The highest BCUT2D eigenvalue weighted by Crippen LogP contribution is 2.26. The number of H-pyrrole nitrogens is 1. The van der Waals surface area contributed by atoms with Crippen molar-refractivity contribution in [3.63, 3.8) is 0 Å². The van der Waals surface area contributed by atoms with Crippen LogP contribution >= 0.6 is 23.2 Å². The molecule has 0 radical (unpaired) electrons. The maximum atomic E-state index is 12.8. The summed E-state index contributed by atoms with van der Waals surface area (Å²) in [5.41, 5.74) is 0.676. The smallest absolute Gasteiger partial charge is 0.258 e. The minimum atomic E-state index is -0.272. The zero-order chi connectivity index (χ0) is 18.0. The van der Waals surface area contributed by atoms with Crippen molar-refractivity contribution in [2.75, 3.05) is 6.54 Å². The molecule has 0 spiro atoms. The number of carbonyl (C=O) groups excluding carboxylic acids is 1. The van der Waals surface area contributed by atoms with Gasteiger partial charge in [0, 0.05) is 6.54 Å². The van der Waals surface area contributed by atoms with Crippen molar-refractivity contribution < 1.29 is 4.79 Å². The molecule has 0 bridgehead atoms. The summed E-state index contributed by atoms with van der Waals surface area (Å²) in [4.78, 5) is 33.6. The monoisotopic (exact) mass is 375 g/mol. The predicted molar refractivity (Wildman–Crippen MR) is 99.2 cm³/mol. The summed E-state index contributed by atoms with van der Waals surface area (Å²) in [5, 5.41) is 1.05. The maximum absolute atomic E-state index is 12.8. The highest BCUT2D eigenvalue weighted by Gasteiger charge is 2.19. The van der Waals surface area contributed by atoms with Crippen LogP contribution in [0.2, 0.25) is 10.0 Å². The van der Waals surface area contributed by atoms with Gasteiger partial charge in [-0.25, -0.2) is 4.98 Å². The van der Waals surface area contributed by atoms with Crippen molar-refractivity contribution in [3.05, 3.63) is 74.3 Å². The quantitative estimate of drug-likeness (QED) is 0.751. The topological polar surface area (TPSA) is 66.1 Å². The van der Waals surface area contributed by atoms with E-state index in [9.17, 15) is 9.59 Å². The van der Waals surface area contributed by atoms with Crippen molar-refractivity contribution in [3.8, 4) is 0 Å². The van der Waals surface area contributed by atoms with Crippen LogP contribution in [-0.4, -0.2) is 27.3 Å². The first-order chi connectivity index (χ1) is 12.0. The lowest BCUT2D eigenvalue weighted by atomic mass is 10.2. The van der Waals surface area contributed by atoms with Gasteiger partial charge in [0.1, 0.15) is 5.82 Å². The highest BCUT2D eigenvalue weighted by atomic mass is 35.5. The number of rotatable bonds is 4. The summed E-state index contributed by atoms with van der Waals surface area (Å²) in [6.07, 6.45) is 0. The van der Waals surface area contributed by atoms with Gasteiger partial charge in [0.15, 0.2) is 0 Å². The van der Waals surface area contributed by atoms with Gasteiger partial charge in [-0.15, -0.1) is 0 Å². The molecule has 0 aliphatic heterocycles. The van der Waals surface area contributed by atoms with Crippen molar-refractivity contribution >= 4 is 40.0 Å². The van der Waals surface area contributed by atoms with Crippen LogP contribution in [0.1, 0.15) is 23.1 Å². The molecule has 2 aromatic carbocycles. The number of aromatic nitrogens is 2. The Bertz CT molecular complexity index is 1000. The number of para-hydroxylation sites is 1. The number of halogens is 2. The third-order valence-electron chi connectivity index (χ3n) is 3.85. The number of fused-ring (bicyclic) bond motifs is 1. The van der Waals surface area contributed by atoms with Crippen LogP contribution in [0.5, 0.6) is 0 Å². The first kappa shape index (κ1) is 17.5. The Morgan fingerprint density at radius 3 is 2.68 bits per heavy atom. The van der Waals surface area contributed by atoms with Crippen LogP contribution in [-0.2, 0) is 6.54 Å². The van der Waals surface area contributed by atoms with Gasteiger partial charge in [0.25, 0.3) is 11.5 Å². The first-order valence-electron chi connectivity index (χ1n) is 7.72. The molecule has 1 amide bonds. The van der Waals surface area contributed by atoms with E-state index in [-0.39, 0.29) is 23.0 Å². The van der Waals surface area contributed by atoms with E-state index in [2.05, 4.69) is 9.97 Å². The van der Waals surface area contributed by atoms with Gasteiger partial charge in [0.2, 0.25) is 0 Å². The molecular formula is C18H15Cl2N3O2. The van der Waals surface area contributed by atoms with Gasteiger partial charge in [0.05, 0.1) is 33.1 Å². The van der Waals surface area contributed by atoms with Gasteiger partial charge in [-0.2, -0.15) is 0 Å². The SMILES string of the molecule is CCN(Cc1nc2ccccc2c(=O)[nH]1)C(=O)c1cccc(Cl)c1Cl. The maximum Gasteiger partial charge on any atom is 0.258 e. The molecule has 1 N–H and O–H groups in total. The third kappa shape index (κ3) is 3.52. The molecule has 128 valence electrons. The Morgan fingerprint density at radius 1 is 1.16 bits per heavy atom. The van der Waals surface area contributed by atoms with Crippen LogP contribution < -0.4 is 5.56 Å². The number of hydrogen-bond donors (Lipinski definition) is 1. The van der Waals surface area contributed by atoms with Crippen molar-refractivity contribution in [1.29, 1.82) is 0 Å². The van der Waals surface area contributed by atoms with E-state index < -0.39 is 0 Å². The van der Waals surface area contributed by atoms with E-state index in [1.54, 1.807) is 41.3 Å². The fourth-order valence-corrected chi connectivity index (χ4v) is 2.94. The summed E-state index contributed by atoms with van der Waals surface area (Å²) in [5.74, 6) is 0.142. The first-order valence-corrected chi connectivity index (χ1v) is 8.48. The number of amides is 1. The molecule has 1 heterocycles. The minimum absolute atomic E-state index is 0.165. The summed E-state index contributed by atoms with van der Waals surface area (Å²) in [7, 11) is 0. The predicted octanol–water partition coefficient (Wildman–Crippen LogP) is 3.89. The molecule has 5 nitrogen and oxygen atoms in total. The van der Waals surface area contributed by atoms with E-state index in [1.807, 2.05) is 13.0 Å². The van der Waals surface area contributed by atoms with E-state index >= 15 is 0 Å². The molecule has 3 rings (SSSR count). The summed E-state index contributed by atoms with van der Waals surface area (Å²) < 4.78 is 0. The number of aromatic amines is 1. The van der Waals surface area contributed by atoms with E-state index in [4.69, 9.17) is 23.2 Å². The van der Waals surface area contributed by atoms with Crippen molar-refractivity contribution in [1.82, 2.24) is 14.9 Å².